The van der Waals surface area contributed by atoms with Crippen LogP contribution in [0.25, 0.3) is 0 Å². The average molecular weight is 257 g/mol. The average Bonchev–Trinajstić information content (AvgIpc) is 2.26. The molecule has 1 N–H and O–H groups in total. The van der Waals surface area contributed by atoms with Gasteiger partial charge in [0.15, 0.2) is 0 Å². The molecule has 0 saturated carbocycles. The Labute approximate surface area is 111 Å². The molecular weight excluding hydrogens is 242 g/mol. The molecule has 2 aromatic rings. The van der Waals surface area contributed by atoms with Crippen LogP contribution in [0.15, 0.2) is 30.5 Å². The van der Waals surface area contributed by atoms with Gasteiger partial charge in [-0.25, -0.2) is 9.78 Å². The molecule has 0 amide bonds. The van der Waals surface area contributed by atoms with E-state index in [1.807, 2.05) is 32.0 Å². The number of pyridine rings is 1. The molecule has 0 aliphatic rings. The lowest BCUT2D eigenvalue weighted by atomic mass is 10.1. The van der Waals surface area contributed by atoms with Crippen LogP contribution in [0.3, 0.4) is 0 Å². The van der Waals surface area contributed by atoms with Gasteiger partial charge < -0.3 is 9.84 Å². The summed E-state index contributed by atoms with van der Waals surface area (Å²) in [5.41, 5.74) is 2.84. The lowest BCUT2D eigenvalue weighted by Crippen LogP contribution is -2.04. The molecule has 19 heavy (non-hydrogen) atoms. The van der Waals surface area contributed by atoms with E-state index in [-0.39, 0.29) is 11.4 Å². The molecule has 0 fully saturated rings. The number of aryl methyl sites for hydroxylation is 3. The number of carboxylic acids is 1. The van der Waals surface area contributed by atoms with Crippen LogP contribution in [0, 0.1) is 20.8 Å². The van der Waals surface area contributed by atoms with E-state index in [4.69, 9.17) is 4.74 Å². The van der Waals surface area contributed by atoms with Crippen molar-refractivity contribution in [3.05, 3.63) is 52.7 Å². The van der Waals surface area contributed by atoms with Gasteiger partial charge in [-0.05, 0) is 55.7 Å². The maximum absolute atomic E-state index is 11.2. The minimum atomic E-state index is -1.04. The number of aromatic nitrogens is 1. The van der Waals surface area contributed by atoms with Crippen LogP contribution < -0.4 is 4.74 Å². The Bertz CT molecular complexity index is 615. The predicted octanol–water partition coefficient (Wildman–Crippen LogP) is 3.50. The first kappa shape index (κ1) is 13.1. The Hall–Kier alpha value is -2.36. The highest BCUT2D eigenvalue weighted by atomic mass is 16.5. The summed E-state index contributed by atoms with van der Waals surface area (Å²) in [6.07, 6.45) is 1.54. The van der Waals surface area contributed by atoms with Gasteiger partial charge in [0.25, 0.3) is 0 Å². The minimum Gasteiger partial charge on any atom is -0.477 e. The fourth-order valence-corrected chi connectivity index (χ4v) is 1.97. The predicted molar refractivity (Wildman–Crippen MR) is 71.9 cm³/mol. The van der Waals surface area contributed by atoms with E-state index in [0.29, 0.717) is 11.3 Å². The molecule has 0 radical (unpaired) electrons. The molecule has 1 heterocycles. The molecule has 0 saturated heterocycles. The van der Waals surface area contributed by atoms with E-state index in [1.165, 1.54) is 0 Å². The molecule has 0 aliphatic carbocycles. The summed E-state index contributed by atoms with van der Waals surface area (Å²) >= 11 is 0. The first-order valence-electron chi connectivity index (χ1n) is 5.92. The Morgan fingerprint density at radius 2 is 1.79 bits per heavy atom. The smallest absolute Gasteiger partial charge is 0.341 e. The Morgan fingerprint density at radius 3 is 2.37 bits per heavy atom. The zero-order valence-electron chi connectivity index (χ0n) is 11.1. The second-order valence-corrected chi connectivity index (χ2v) is 4.54. The zero-order valence-corrected chi connectivity index (χ0v) is 11.1. The number of aromatic carboxylic acids is 1. The van der Waals surface area contributed by atoms with Crippen molar-refractivity contribution in [2.24, 2.45) is 0 Å². The SMILES string of the molecule is Cc1cc(C)cc(Oc2nccc(C)c2C(=O)O)c1. The topological polar surface area (TPSA) is 59.4 Å². The minimum absolute atomic E-state index is 0.0988. The second kappa shape index (κ2) is 5.10. The molecule has 2 rings (SSSR count). The van der Waals surface area contributed by atoms with Gasteiger partial charge in [-0.3, -0.25) is 0 Å². The number of hydrogen-bond donors (Lipinski definition) is 1. The summed E-state index contributed by atoms with van der Waals surface area (Å²) in [5, 5.41) is 9.21. The van der Waals surface area contributed by atoms with Crippen LogP contribution in [0.2, 0.25) is 0 Å². The fraction of sp³-hybridized carbons (Fsp3) is 0.200. The first-order valence-corrected chi connectivity index (χ1v) is 5.92. The number of nitrogens with zero attached hydrogens (tertiary/aromatic N) is 1. The largest absolute Gasteiger partial charge is 0.477 e. The number of ether oxygens (including phenoxy) is 1. The van der Waals surface area contributed by atoms with Gasteiger partial charge in [-0.2, -0.15) is 0 Å². The third-order valence-corrected chi connectivity index (χ3v) is 2.75. The molecule has 0 spiro atoms. The highest BCUT2D eigenvalue weighted by Crippen LogP contribution is 2.26. The fourth-order valence-electron chi connectivity index (χ4n) is 1.97. The normalized spacial score (nSPS) is 10.3. The van der Waals surface area contributed by atoms with Crippen LogP contribution in [0.4, 0.5) is 0 Å². The number of rotatable bonds is 3. The van der Waals surface area contributed by atoms with Gasteiger partial charge in [0.05, 0.1) is 0 Å². The van der Waals surface area contributed by atoms with Crippen molar-refractivity contribution in [2.75, 3.05) is 0 Å². The molecule has 0 atom stereocenters. The van der Waals surface area contributed by atoms with Crippen LogP contribution in [-0.2, 0) is 0 Å². The number of carbonyl (C=O) groups is 1. The van der Waals surface area contributed by atoms with Crippen molar-refractivity contribution in [1.82, 2.24) is 4.98 Å². The van der Waals surface area contributed by atoms with Crippen LogP contribution >= 0.6 is 0 Å². The lowest BCUT2D eigenvalue weighted by Gasteiger charge is -2.10. The maximum Gasteiger partial charge on any atom is 0.341 e. The van der Waals surface area contributed by atoms with Gasteiger partial charge in [0, 0.05) is 6.20 Å². The highest BCUT2D eigenvalue weighted by Gasteiger charge is 2.16. The summed E-state index contributed by atoms with van der Waals surface area (Å²) in [4.78, 5) is 15.3. The summed E-state index contributed by atoms with van der Waals surface area (Å²) in [6, 6.07) is 7.37. The van der Waals surface area contributed by atoms with Crippen molar-refractivity contribution in [1.29, 1.82) is 0 Å². The monoisotopic (exact) mass is 257 g/mol. The molecule has 4 nitrogen and oxygen atoms in total. The quantitative estimate of drug-likeness (QED) is 0.914. The number of benzene rings is 1. The van der Waals surface area contributed by atoms with E-state index in [2.05, 4.69) is 4.98 Å². The zero-order chi connectivity index (χ0) is 14.0. The van der Waals surface area contributed by atoms with E-state index in [1.54, 1.807) is 19.2 Å². The van der Waals surface area contributed by atoms with Crippen molar-refractivity contribution >= 4 is 5.97 Å². The van der Waals surface area contributed by atoms with Gasteiger partial charge >= 0.3 is 5.97 Å². The van der Waals surface area contributed by atoms with Crippen molar-refractivity contribution in [3.63, 3.8) is 0 Å². The van der Waals surface area contributed by atoms with E-state index in [0.717, 1.165) is 11.1 Å². The van der Waals surface area contributed by atoms with Crippen LogP contribution in [0.1, 0.15) is 27.0 Å². The second-order valence-electron chi connectivity index (χ2n) is 4.54. The molecule has 0 aliphatic heterocycles. The summed E-state index contributed by atoms with van der Waals surface area (Å²) in [5.74, 6) is -0.319. The van der Waals surface area contributed by atoms with Gasteiger partial charge in [-0.15, -0.1) is 0 Å². The third-order valence-electron chi connectivity index (χ3n) is 2.75. The van der Waals surface area contributed by atoms with Gasteiger partial charge in [0.1, 0.15) is 11.3 Å². The van der Waals surface area contributed by atoms with Crippen molar-refractivity contribution in [3.8, 4) is 11.6 Å². The molecule has 98 valence electrons. The van der Waals surface area contributed by atoms with E-state index < -0.39 is 5.97 Å². The van der Waals surface area contributed by atoms with Crippen molar-refractivity contribution in [2.45, 2.75) is 20.8 Å². The Morgan fingerprint density at radius 1 is 1.16 bits per heavy atom. The van der Waals surface area contributed by atoms with Gasteiger partial charge in [-0.1, -0.05) is 6.07 Å². The Balaban J connectivity index is 2.43. The van der Waals surface area contributed by atoms with Crippen LogP contribution in [0.5, 0.6) is 11.6 Å². The molecule has 4 heteroatoms. The number of hydrogen-bond acceptors (Lipinski definition) is 3. The van der Waals surface area contributed by atoms with Crippen LogP contribution in [-0.4, -0.2) is 16.1 Å². The molecule has 0 bridgehead atoms. The molecule has 1 aromatic heterocycles. The molecule has 1 aromatic carbocycles. The molecule has 0 unspecified atom stereocenters. The third kappa shape index (κ3) is 2.91. The Kier molecular flexibility index (Phi) is 3.51. The summed E-state index contributed by atoms with van der Waals surface area (Å²) in [7, 11) is 0. The number of carboxylic acid groups (broad SMARTS) is 1. The summed E-state index contributed by atoms with van der Waals surface area (Å²) < 4.78 is 5.62. The van der Waals surface area contributed by atoms with Gasteiger partial charge in [0.2, 0.25) is 5.88 Å². The van der Waals surface area contributed by atoms with Crippen molar-refractivity contribution < 1.29 is 14.6 Å². The maximum atomic E-state index is 11.2. The first-order chi connectivity index (χ1) is 8.97. The highest BCUT2D eigenvalue weighted by molar-refractivity contribution is 5.91. The van der Waals surface area contributed by atoms with E-state index in [9.17, 15) is 9.90 Å². The molecular formula is C15H15NO3. The van der Waals surface area contributed by atoms with E-state index >= 15 is 0 Å². The standard InChI is InChI=1S/C15H15NO3/c1-9-6-10(2)8-12(7-9)19-14-13(15(17)18)11(3)4-5-16-14/h4-8H,1-3H3,(H,17,18). The summed E-state index contributed by atoms with van der Waals surface area (Å²) in [6.45, 7) is 5.64. The lowest BCUT2D eigenvalue weighted by molar-refractivity contribution is 0.0692.